The molecule has 1 aromatic heterocycles. The summed E-state index contributed by atoms with van der Waals surface area (Å²) in [5, 5.41) is 12.5. The summed E-state index contributed by atoms with van der Waals surface area (Å²) in [4.78, 5) is 58.9. The standard InChI is InChI=1S/C38H29Br2Cl2N5O7/c1-53-22-11-8-19(9-12-22)38-25(34(49)46(35(38)50)43-27-13-10-20(41)16-26(27)42)18-28-23(30(38)24-17-29(54-2)33(48)32(40)31(24)39)14-15-44-36(51)45(37(52)47(28)44)21-6-4-3-5-7-21/h3-14,16-17,25,28,30,43,48H,15,18H2,1-2H3/t25-,28+,30+,38+/m0/s1. The number of carbonyl (C=O) groups excluding carboxylic acids is 2. The SMILES string of the molecule is COc1ccc([C@@]23C(=O)N(Nc4ccc(Cl)cc4Cl)C(=O)[C@@H]2C[C@@H]2C(=CCn4c(=O)n(-c5ccccc5)c(=O)n42)[C@@H]3c2cc(OC)c(O)c(Br)c2Br)cc1. The van der Waals surface area contributed by atoms with Crippen LogP contribution in [0, 0.1) is 5.92 Å². The van der Waals surface area contributed by atoms with E-state index in [4.69, 9.17) is 32.7 Å². The van der Waals surface area contributed by atoms with E-state index in [2.05, 4.69) is 37.3 Å². The summed E-state index contributed by atoms with van der Waals surface area (Å²) in [6.45, 7) is -0.00189. The van der Waals surface area contributed by atoms with Crippen molar-refractivity contribution in [3.63, 3.8) is 0 Å². The quantitative estimate of drug-likeness (QED) is 0.132. The number of para-hydroxylation sites is 1. The van der Waals surface area contributed by atoms with Gasteiger partial charge in [-0.05, 0) is 104 Å². The number of rotatable bonds is 7. The van der Waals surface area contributed by atoms with Gasteiger partial charge in [0.05, 0.1) is 59.0 Å². The number of benzene rings is 4. The number of hydrazine groups is 1. The number of nitrogens with one attached hydrogen (secondary N) is 1. The molecule has 3 aliphatic rings. The van der Waals surface area contributed by atoms with Crippen molar-refractivity contribution < 1.29 is 24.2 Å². The minimum Gasteiger partial charge on any atom is -0.503 e. The van der Waals surface area contributed by atoms with Gasteiger partial charge in [-0.15, -0.1) is 0 Å². The first-order valence-electron chi connectivity index (χ1n) is 16.6. The van der Waals surface area contributed by atoms with Crippen molar-refractivity contribution in [2.75, 3.05) is 19.6 Å². The van der Waals surface area contributed by atoms with Crippen LogP contribution in [0.5, 0.6) is 17.2 Å². The van der Waals surface area contributed by atoms with Gasteiger partial charge in [0.15, 0.2) is 11.5 Å². The second kappa shape index (κ2) is 13.5. The Labute approximate surface area is 334 Å². The van der Waals surface area contributed by atoms with E-state index in [1.54, 1.807) is 72.8 Å². The Balaban J connectivity index is 1.43. The Morgan fingerprint density at radius 1 is 0.889 bits per heavy atom. The summed E-state index contributed by atoms with van der Waals surface area (Å²) < 4.78 is 15.6. The van der Waals surface area contributed by atoms with Crippen molar-refractivity contribution in [3.05, 3.63) is 142 Å². The highest BCUT2D eigenvalue weighted by Crippen LogP contribution is 2.64. The lowest BCUT2D eigenvalue weighted by Crippen LogP contribution is -2.53. The molecule has 0 unspecified atom stereocenters. The van der Waals surface area contributed by atoms with Gasteiger partial charge in [0, 0.05) is 15.4 Å². The second-order valence-corrected chi connectivity index (χ2v) is 15.5. The minimum absolute atomic E-state index is 0.00189. The van der Waals surface area contributed by atoms with Crippen LogP contribution in [0.4, 0.5) is 5.69 Å². The fraction of sp³-hybridized carbons (Fsp3) is 0.211. The van der Waals surface area contributed by atoms with E-state index in [9.17, 15) is 19.5 Å². The number of methoxy groups -OCH3 is 2. The molecule has 2 N–H and O–H groups in total. The van der Waals surface area contributed by atoms with Crippen molar-refractivity contribution in [3.8, 4) is 22.9 Å². The molecule has 16 heteroatoms. The lowest BCUT2D eigenvalue weighted by Gasteiger charge is -2.49. The van der Waals surface area contributed by atoms with E-state index in [-0.39, 0.29) is 39.6 Å². The number of nitrogens with zero attached hydrogens (tertiary/aromatic N) is 4. The molecule has 2 amide bonds. The number of aromatic hydroxyl groups is 1. The van der Waals surface area contributed by atoms with Crippen molar-refractivity contribution in [2.45, 2.75) is 30.3 Å². The molecule has 12 nitrogen and oxygen atoms in total. The number of hydrogen-bond acceptors (Lipinski definition) is 8. The largest absolute Gasteiger partial charge is 0.503 e. The first-order valence-corrected chi connectivity index (χ1v) is 19.0. The number of phenols is 1. The Morgan fingerprint density at radius 3 is 2.28 bits per heavy atom. The highest BCUT2D eigenvalue weighted by Gasteiger charge is 2.69. The molecule has 1 saturated carbocycles. The highest BCUT2D eigenvalue weighted by molar-refractivity contribution is 9.13. The van der Waals surface area contributed by atoms with Crippen LogP contribution in [-0.4, -0.2) is 50.1 Å². The zero-order chi connectivity index (χ0) is 38.2. The fourth-order valence-electron chi connectivity index (χ4n) is 8.23. The average molecular weight is 898 g/mol. The van der Waals surface area contributed by atoms with Crippen molar-refractivity contribution in [2.24, 2.45) is 5.92 Å². The van der Waals surface area contributed by atoms with Crippen LogP contribution in [0.15, 0.2) is 109 Å². The van der Waals surface area contributed by atoms with Gasteiger partial charge in [0.1, 0.15) is 5.75 Å². The van der Waals surface area contributed by atoms with Crippen LogP contribution >= 0.6 is 55.1 Å². The van der Waals surface area contributed by atoms with Gasteiger partial charge in [-0.2, -0.15) is 5.01 Å². The number of amides is 2. The molecule has 0 bridgehead atoms. The molecule has 5 aromatic rings. The van der Waals surface area contributed by atoms with Gasteiger partial charge < -0.3 is 14.6 Å². The number of imide groups is 1. The maximum atomic E-state index is 15.5. The lowest BCUT2D eigenvalue weighted by molar-refractivity contribution is -0.138. The van der Waals surface area contributed by atoms with Crippen LogP contribution < -0.4 is 26.3 Å². The predicted molar refractivity (Wildman–Crippen MR) is 209 cm³/mol. The van der Waals surface area contributed by atoms with Crippen molar-refractivity contribution in [1.29, 1.82) is 0 Å². The topological polar surface area (TPSA) is 137 Å². The third kappa shape index (κ3) is 5.21. The predicted octanol–water partition coefficient (Wildman–Crippen LogP) is 6.97. The van der Waals surface area contributed by atoms with Gasteiger partial charge in [0.25, 0.3) is 11.8 Å². The molecule has 3 heterocycles. The third-order valence-electron chi connectivity index (χ3n) is 10.6. The minimum atomic E-state index is -1.66. The Bertz CT molecular complexity index is 2540. The van der Waals surface area contributed by atoms with Crippen LogP contribution in [0.1, 0.15) is 29.5 Å². The molecule has 54 heavy (non-hydrogen) atoms. The number of aromatic nitrogens is 3. The van der Waals surface area contributed by atoms with Crippen LogP contribution in [0.2, 0.25) is 10.0 Å². The van der Waals surface area contributed by atoms with Crippen LogP contribution in [-0.2, 0) is 21.5 Å². The molecule has 8 rings (SSSR count). The fourth-order valence-corrected chi connectivity index (χ4v) is 9.63. The Morgan fingerprint density at radius 2 is 1.61 bits per heavy atom. The van der Waals surface area contributed by atoms with Crippen LogP contribution in [0.25, 0.3) is 5.69 Å². The monoisotopic (exact) mass is 895 g/mol. The summed E-state index contributed by atoms with van der Waals surface area (Å²) in [7, 11) is 2.93. The molecule has 2 fully saturated rings. The number of fused-ring (bicyclic) bond motifs is 4. The second-order valence-electron chi connectivity index (χ2n) is 13.1. The van der Waals surface area contributed by atoms with Gasteiger partial charge in [0.2, 0.25) is 0 Å². The summed E-state index contributed by atoms with van der Waals surface area (Å²) in [6.07, 6.45) is 1.81. The number of halogens is 4. The van der Waals surface area contributed by atoms with E-state index in [1.807, 2.05) is 6.08 Å². The molecular weight excluding hydrogens is 869 g/mol. The summed E-state index contributed by atoms with van der Waals surface area (Å²) >= 11 is 19.9. The summed E-state index contributed by atoms with van der Waals surface area (Å²) in [5.41, 5.74) is 2.41. The maximum Gasteiger partial charge on any atom is 0.352 e. The number of anilines is 1. The number of carbonyl (C=O) groups is 2. The third-order valence-corrected chi connectivity index (χ3v) is 13.3. The van der Waals surface area contributed by atoms with Gasteiger partial charge in [-0.25, -0.2) is 23.5 Å². The molecule has 1 saturated heterocycles. The van der Waals surface area contributed by atoms with Crippen molar-refractivity contribution >= 4 is 72.6 Å². The molecule has 4 aromatic carbocycles. The number of ether oxygens (including phenoxy) is 2. The first-order chi connectivity index (χ1) is 25.9. The maximum absolute atomic E-state index is 15.5. The normalized spacial score (nSPS) is 21.6. The van der Waals surface area contributed by atoms with E-state index in [0.29, 0.717) is 37.6 Å². The van der Waals surface area contributed by atoms with Gasteiger partial charge in [-0.1, -0.05) is 59.6 Å². The molecular formula is C38H29Br2Cl2N5O7. The van der Waals surface area contributed by atoms with E-state index >= 15 is 4.79 Å². The molecule has 2 aliphatic heterocycles. The van der Waals surface area contributed by atoms with Gasteiger partial charge in [-0.3, -0.25) is 15.0 Å². The molecule has 4 atom stereocenters. The zero-order valence-corrected chi connectivity index (χ0v) is 33.1. The Kier molecular flexibility index (Phi) is 9.07. The summed E-state index contributed by atoms with van der Waals surface area (Å²) in [5.74, 6) is -2.82. The van der Waals surface area contributed by atoms with Crippen LogP contribution in [0.3, 0.4) is 0 Å². The summed E-state index contributed by atoms with van der Waals surface area (Å²) in [6, 6.07) is 20.9. The van der Waals surface area contributed by atoms with E-state index in [0.717, 1.165) is 9.58 Å². The van der Waals surface area contributed by atoms with Crippen molar-refractivity contribution in [1.82, 2.24) is 18.9 Å². The number of hydrogen-bond donors (Lipinski definition) is 2. The van der Waals surface area contributed by atoms with E-state index in [1.165, 1.54) is 29.6 Å². The highest BCUT2D eigenvalue weighted by atomic mass is 79.9. The molecule has 276 valence electrons. The smallest absolute Gasteiger partial charge is 0.352 e. The first kappa shape index (κ1) is 36.2. The lowest BCUT2D eigenvalue weighted by atomic mass is 9.53. The number of phenolic OH excluding ortho intramolecular Hbond substituents is 1. The average Bonchev–Trinajstić information content (AvgIpc) is 3.56. The molecule has 0 radical (unpaired) electrons. The molecule has 0 spiro atoms. The number of allylic oxidation sites excluding steroid dienone is 2. The van der Waals surface area contributed by atoms with Gasteiger partial charge >= 0.3 is 11.4 Å². The Hall–Kier alpha value is -4.76. The molecule has 1 aliphatic carbocycles. The zero-order valence-electron chi connectivity index (χ0n) is 28.4. The van der Waals surface area contributed by atoms with E-state index < -0.39 is 46.5 Å².